The molecular weight excluding hydrogens is 248 g/mol. The Morgan fingerprint density at radius 2 is 2.05 bits per heavy atom. The zero-order valence-electron chi connectivity index (χ0n) is 11.5. The van der Waals surface area contributed by atoms with Crippen molar-refractivity contribution in [2.75, 3.05) is 23.3 Å². The Morgan fingerprint density at radius 1 is 1.20 bits per heavy atom. The smallest absolute Gasteiger partial charge is 0.126 e. The van der Waals surface area contributed by atoms with Crippen LogP contribution in [-0.2, 0) is 6.54 Å². The lowest BCUT2D eigenvalue weighted by Gasteiger charge is -2.18. The number of nitrogens with one attached hydrogen (secondary N) is 1. The van der Waals surface area contributed by atoms with Crippen LogP contribution in [0.15, 0.2) is 48.7 Å². The zero-order valence-corrected chi connectivity index (χ0v) is 11.5. The molecule has 0 bridgehead atoms. The number of pyridine rings is 1. The average Bonchev–Trinajstić information content (AvgIpc) is 2.93. The highest BCUT2D eigenvalue weighted by molar-refractivity contribution is 5.49. The third-order valence-corrected chi connectivity index (χ3v) is 3.66. The standard InChI is InChI=1S/C16H20N4/c17-14-8-10-20(12-14)15-6-4-13(5-7-15)11-19-16-3-1-2-9-18-16/h1-7,9,14H,8,10-12,17H2,(H,18,19)/t14-/m0/s1. The summed E-state index contributed by atoms with van der Waals surface area (Å²) in [4.78, 5) is 6.60. The van der Waals surface area contributed by atoms with Gasteiger partial charge in [0.2, 0.25) is 0 Å². The summed E-state index contributed by atoms with van der Waals surface area (Å²) in [5, 5.41) is 3.31. The van der Waals surface area contributed by atoms with Crippen molar-refractivity contribution < 1.29 is 0 Å². The molecule has 0 spiro atoms. The van der Waals surface area contributed by atoms with Gasteiger partial charge in [-0.1, -0.05) is 18.2 Å². The summed E-state index contributed by atoms with van der Waals surface area (Å²) in [6, 6.07) is 14.9. The quantitative estimate of drug-likeness (QED) is 0.893. The van der Waals surface area contributed by atoms with Crippen LogP contribution in [0, 0.1) is 0 Å². The highest BCUT2D eigenvalue weighted by atomic mass is 15.2. The number of nitrogens with zero attached hydrogens (tertiary/aromatic N) is 2. The largest absolute Gasteiger partial charge is 0.370 e. The first kappa shape index (κ1) is 12.9. The molecule has 3 N–H and O–H groups in total. The second-order valence-electron chi connectivity index (χ2n) is 5.23. The second-order valence-corrected chi connectivity index (χ2v) is 5.23. The Labute approximate surface area is 119 Å². The van der Waals surface area contributed by atoms with Crippen LogP contribution in [0.4, 0.5) is 11.5 Å². The number of aromatic nitrogens is 1. The molecule has 0 aliphatic carbocycles. The molecule has 4 nitrogen and oxygen atoms in total. The molecule has 1 fully saturated rings. The van der Waals surface area contributed by atoms with Crippen LogP contribution in [0.2, 0.25) is 0 Å². The van der Waals surface area contributed by atoms with E-state index in [2.05, 4.69) is 39.5 Å². The molecule has 3 rings (SSSR count). The lowest BCUT2D eigenvalue weighted by Crippen LogP contribution is -2.26. The van der Waals surface area contributed by atoms with Gasteiger partial charge in [-0.2, -0.15) is 0 Å². The lowest BCUT2D eigenvalue weighted by atomic mass is 10.2. The van der Waals surface area contributed by atoms with Gasteiger partial charge in [-0.15, -0.1) is 0 Å². The summed E-state index contributed by atoms with van der Waals surface area (Å²) in [6.45, 7) is 2.81. The highest BCUT2D eigenvalue weighted by Gasteiger charge is 2.18. The van der Waals surface area contributed by atoms with Crippen LogP contribution in [0.1, 0.15) is 12.0 Å². The fourth-order valence-corrected chi connectivity index (χ4v) is 2.51. The van der Waals surface area contributed by atoms with Crippen LogP contribution in [-0.4, -0.2) is 24.1 Å². The van der Waals surface area contributed by atoms with Crippen LogP contribution < -0.4 is 16.0 Å². The third kappa shape index (κ3) is 3.08. The van der Waals surface area contributed by atoms with Gasteiger partial charge in [0.15, 0.2) is 0 Å². The van der Waals surface area contributed by atoms with Crippen molar-refractivity contribution in [3.05, 3.63) is 54.2 Å². The summed E-state index contributed by atoms with van der Waals surface area (Å²) in [5.74, 6) is 0.905. The van der Waals surface area contributed by atoms with Gasteiger partial charge >= 0.3 is 0 Å². The third-order valence-electron chi connectivity index (χ3n) is 3.66. The summed E-state index contributed by atoms with van der Waals surface area (Å²) < 4.78 is 0. The molecule has 1 aliphatic heterocycles. The number of benzene rings is 1. The van der Waals surface area contributed by atoms with Gasteiger partial charge in [0, 0.05) is 37.6 Å². The Hall–Kier alpha value is -2.07. The van der Waals surface area contributed by atoms with E-state index in [1.807, 2.05) is 18.2 Å². The Morgan fingerprint density at radius 3 is 2.70 bits per heavy atom. The Kier molecular flexibility index (Phi) is 3.83. The summed E-state index contributed by atoms with van der Waals surface area (Å²) in [7, 11) is 0. The predicted molar refractivity (Wildman–Crippen MR) is 82.8 cm³/mol. The van der Waals surface area contributed by atoms with Gasteiger partial charge in [0.25, 0.3) is 0 Å². The van der Waals surface area contributed by atoms with Gasteiger partial charge in [0.05, 0.1) is 0 Å². The Bertz CT molecular complexity index is 538. The van der Waals surface area contributed by atoms with E-state index in [0.29, 0.717) is 6.04 Å². The first-order valence-corrected chi connectivity index (χ1v) is 7.05. The Balaban J connectivity index is 1.59. The topological polar surface area (TPSA) is 54.2 Å². The maximum Gasteiger partial charge on any atom is 0.126 e. The maximum atomic E-state index is 5.95. The minimum absolute atomic E-state index is 0.320. The molecule has 0 unspecified atom stereocenters. The molecule has 2 heterocycles. The maximum absolute atomic E-state index is 5.95. The number of rotatable bonds is 4. The van der Waals surface area contributed by atoms with Crippen molar-refractivity contribution >= 4 is 11.5 Å². The fourth-order valence-electron chi connectivity index (χ4n) is 2.51. The summed E-state index contributed by atoms with van der Waals surface area (Å²) in [5.41, 5.74) is 8.46. The first-order chi connectivity index (χ1) is 9.81. The lowest BCUT2D eigenvalue weighted by molar-refractivity contribution is 0.752. The van der Waals surface area contributed by atoms with Crippen molar-refractivity contribution in [2.24, 2.45) is 5.73 Å². The molecule has 0 radical (unpaired) electrons. The average molecular weight is 268 g/mol. The van der Waals surface area contributed by atoms with Crippen molar-refractivity contribution in [1.82, 2.24) is 4.98 Å². The minimum Gasteiger partial charge on any atom is -0.370 e. The first-order valence-electron chi connectivity index (χ1n) is 7.05. The van der Waals surface area contributed by atoms with E-state index in [1.165, 1.54) is 11.3 Å². The van der Waals surface area contributed by atoms with E-state index in [4.69, 9.17) is 5.73 Å². The number of hydrogen-bond donors (Lipinski definition) is 2. The van der Waals surface area contributed by atoms with Gasteiger partial charge in [-0.25, -0.2) is 4.98 Å². The highest BCUT2D eigenvalue weighted by Crippen LogP contribution is 2.20. The number of hydrogen-bond acceptors (Lipinski definition) is 4. The molecule has 1 aliphatic rings. The van der Waals surface area contributed by atoms with Crippen molar-refractivity contribution in [3.8, 4) is 0 Å². The monoisotopic (exact) mass is 268 g/mol. The molecule has 104 valence electrons. The SMILES string of the molecule is N[C@H]1CCN(c2ccc(CNc3ccccn3)cc2)C1. The van der Waals surface area contributed by atoms with Gasteiger partial charge in [-0.05, 0) is 36.2 Å². The molecule has 1 atom stereocenters. The van der Waals surface area contributed by atoms with Gasteiger partial charge < -0.3 is 16.0 Å². The normalized spacial score (nSPS) is 18.2. The molecule has 1 saturated heterocycles. The van der Waals surface area contributed by atoms with Gasteiger partial charge in [0.1, 0.15) is 5.82 Å². The van der Waals surface area contributed by atoms with E-state index in [1.54, 1.807) is 6.20 Å². The van der Waals surface area contributed by atoms with Crippen LogP contribution in [0.25, 0.3) is 0 Å². The predicted octanol–water partition coefficient (Wildman–Crippen LogP) is 2.23. The van der Waals surface area contributed by atoms with E-state index in [0.717, 1.165) is 31.9 Å². The minimum atomic E-state index is 0.320. The molecule has 1 aromatic carbocycles. The fraction of sp³-hybridized carbons (Fsp3) is 0.312. The van der Waals surface area contributed by atoms with Crippen molar-refractivity contribution in [3.63, 3.8) is 0 Å². The molecule has 20 heavy (non-hydrogen) atoms. The van der Waals surface area contributed by atoms with Crippen LogP contribution in [0.5, 0.6) is 0 Å². The molecule has 0 saturated carbocycles. The van der Waals surface area contributed by atoms with E-state index < -0.39 is 0 Å². The number of anilines is 2. The number of nitrogens with two attached hydrogens (primary N) is 1. The van der Waals surface area contributed by atoms with Gasteiger partial charge in [-0.3, -0.25) is 0 Å². The molecule has 4 heteroatoms. The summed E-state index contributed by atoms with van der Waals surface area (Å²) in [6.07, 6.45) is 2.88. The molecule has 1 aromatic heterocycles. The van der Waals surface area contributed by atoms with Crippen LogP contribution in [0.3, 0.4) is 0 Å². The molecule has 2 aromatic rings. The van der Waals surface area contributed by atoms with E-state index >= 15 is 0 Å². The van der Waals surface area contributed by atoms with Crippen molar-refractivity contribution in [1.29, 1.82) is 0 Å². The zero-order chi connectivity index (χ0) is 13.8. The second kappa shape index (κ2) is 5.92. The van der Waals surface area contributed by atoms with Crippen molar-refractivity contribution in [2.45, 2.75) is 19.0 Å². The summed E-state index contributed by atoms with van der Waals surface area (Å²) >= 11 is 0. The molecular formula is C16H20N4. The van der Waals surface area contributed by atoms with E-state index in [9.17, 15) is 0 Å². The van der Waals surface area contributed by atoms with E-state index in [-0.39, 0.29) is 0 Å². The van der Waals surface area contributed by atoms with Crippen LogP contribution >= 0.6 is 0 Å². The molecule has 0 amide bonds.